The molecule has 102 valence electrons. The average molecular weight is 289 g/mol. The van der Waals surface area contributed by atoms with Crippen molar-refractivity contribution in [3.8, 4) is 0 Å². The molecular weight excluding hydrogens is 276 g/mol. The van der Waals surface area contributed by atoms with Gasteiger partial charge in [-0.05, 0) is 49.2 Å². The lowest BCUT2D eigenvalue weighted by Crippen LogP contribution is -2.13. The summed E-state index contributed by atoms with van der Waals surface area (Å²) in [6, 6.07) is 10.7. The van der Waals surface area contributed by atoms with E-state index in [1.807, 2.05) is 6.07 Å². The van der Waals surface area contributed by atoms with Crippen LogP contribution in [0.4, 0.5) is 11.6 Å². The number of carbonyl (C=O) groups is 1. The number of amides is 1. The molecule has 1 aromatic heterocycles. The molecule has 0 radical (unpaired) electrons. The van der Waals surface area contributed by atoms with Gasteiger partial charge in [-0.15, -0.1) is 10.2 Å². The van der Waals surface area contributed by atoms with Crippen LogP contribution < -0.4 is 10.6 Å². The minimum Gasteiger partial charge on any atom is -0.366 e. The molecule has 1 heterocycles. The third kappa shape index (κ3) is 3.24. The third-order valence-corrected chi connectivity index (χ3v) is 3.19. The van der Waals surface area contributed by atoms with Crippen molar-refractivity contribution in [1.82, 2.24) is 10.2 Å². The predicted octanol–water partition coefficient (Wildman–Crippen LogP) is 2.96. The Hall–Kier alpha value is -2.14. The summed E-state index contributed by atoms with van der Waals surface area (Å²) in [5, 5.41) is 14.5. The van der Waals surface area contributed by atoms with Crippen molar-refractivity contribution in [2.75, 3.05) is 10.6 Å². The van der Waals surface area contributed by atoms with Crippen molar-refractivity contribution in [3.05, 3.63) is 47.0 Å². The number of hydrogen-bond acceptors (Lipinski definition) is 4. The van der Waals surface area contributed by atoms with Crippen LogP contribution in [0.2, 0.25) is 5.02 Å². The van der Waals surface area contributed by atoms with Crippen molar-refractivity contribution in [2.24, 2.45) is 0 Å². The fourth-order valence-corrected chi connectivity index (χ4v) is 1.83. The van der Waals surface area contributed by atoms with E-state index in [-0.39, 0.29) is 5.91 Å². The van der Waals surface area contributed by atoms with Crippen LogP contribution in [0.15, 0.2) is 36.4 Å². The number of rotatable bonds is 4. The summed E-state index contributed by atoms with van der Waals surface area (Å²) in [4.78, 5) is 12.0. The van der Waals surface area contributed by atoms with Crippen molar-refractivity contribution in [3.63, 3.8) is 0 Å². The quantitative estimate of drug-likeness (QED) is 0.908. The fourth-order valence-electron chi connectivity index (χ4n) is 1.70. The van der Waals surface area contributed by atoms with E-state index < -0.39 is 0 Å². The Morgan fingerprint density at radius 1 is 1.05 bits per heavy atom. The molecule has 0 spiro atoms. The fraction of sp³-hybridized carbons (Fsp3) is 0.214. The number of benzene rings is 1. The molecule has 3 rings (SSSR count). The van der Waals surface area contributed by atoms with E-state index in [0.717, 1.165) is 5.82 Å². The Kier molecular flexibility index (Phi) is 3.52. The molecule has 0 bridgehead atoms. The molecule has 2 aromatic rings. The third-order valence-electron chi connectivity index (χ3n) is 2.94. The molecule has 2 N–H and O–H groups in total. The van der Waals surface area contributed by atoms with Crippen LogP contribution in [-0.4, -0.2) is 22.1 Å². The zero-order valence-electron chi connectivity index (χ0n) is 10.6. The van der Waals surface area contributed by atoms with E-state index in [2.05, 4.69) is 20.8 Å². The lowest BCUT2D eigenvalue weighted by molar-refractivity contribution is 0.102. The molecule has 5 nitrogen and oxygen atoms in total. The average Bonchev–Trinajstić information content (AvgIpc) is 3.26. The van der Waals surface area contributed by atoms with Gasteiger partial charge < -0.3 is 10.6 Å². The van der Waals surface area contributed by atoms with Crippen molar-refractivity contribution < 1.29 is 4.79 Å². The minimum atomic E-state index is -0.237. The van der Waals surface area contributed by atoms with Crippen molar-refractivity contribution in [1.29, 1.82) is 0 Å². The molecule has 0 atom stereocenters. The van der Waals surface area contributed by atoms with Gasteiger partial charge >= 0.3 is 0 Å². The smallest absolute Gasteiger partial charge is 0.256 e. The number of halogens is 1. The monoisotopic (exact) mass is 288 g/mol. The van der Waals surface area contributed by atoms with Gasteiger partial charge in [0.05, 0.1) is 0 Å². The summed E-state index contributed by atoms with van der Waals surface area (Å²) in [5.74, 6) is 0.919. The lowest BCUT2D eigenvalue weighted by Gasteiger charge is -2.05. The summed E-state index contributed by atoms with van der Waals surface area (Å²) in [6.07, 6.45) is 2.35. The molecule has 0 saturated heterocycles. The maximum atomic E-state index is 12.0. The van der Waals surface area contributed by atoms with Gasteiger partial charge in [-0.25, -0.2) is 0 Å². The van der Waals surface area contributed by atoms with Crippen LogP contribution in [0.1, 0.15) is 23.2 Å². The second kappa shape index (κ2) is 5.46. The number of anilines is 2. The Bertz CT molecular complexity index is 608. The number of hydrogen-bond donors (Lipinski definition) is 2. The van der Waals surface area contributed by atoms with E-state index in [4.69, 9.17) is 11.6 Å². The van der Waals surface area contributed by atoms with Gasteiger partial charge in [0.1, 0.15) is 5.82 Å². The molecule has 20 heavy (non-hydrogen) atoms. The van der Waals surface area contributed by atoms with E-state index >= 15 is 0 Å². The van der Waals surface area contributed by atoms with Crippen LogP contribution in [0, 0.1) is 0 Å². The van der Waals surface area contributed by atoms with Crippen LogP contribution in [0.3, 0.4) is 0 Å². The normalized spacial score (nSPS) is 13.8. The van der Waals surface area contributed by atoms with Gasteiger partial charge in [0.15, 0.2) is 5.82 Å². The molecule has 1 fully saturated rings. The van der Waals surface area contributed by atoms with Crippen LogP contribution in [0.25, 0.3) is 0 Å². The molecule has 1 amide bonds. The standard InChI is InChI=1S/C14H13ClN4O/c15-10-3-1-9(2-4-10)14(20)17-13-8-7-12(18-19-13)16-11-5-6-11/h1-4,7-8,11H,5-6H2,(H,16,18)(H,17,19,20). The summed E-state index contributed by atoms with van der Waals surface area (Å²) in [5.41, 5.74) is 0.524. The Morgan fingerprint density at radius 2 is 1.70 bits per heavy atom. The highest BCUT2D eigenvalue weighted by molar-refractivity contribution is 6.30. The summed E-state index contributed by atoms with van der Waals surface area (Å²) in [6.45, 7) is 0. The van der Waals surface area contributed by atoms with Crippen LogP contribution in [0.5, 0.6) is 0 Å². The number of aromatic nitrogens is 2. The molecule has 0 aliphatic heterocycles. The molecule has 6 heteroatoms. The first-order chi connectivity index (χ1) is 9.70. The maximum absolute atomic E-state index is 12.0. The summed E-state index contributed by atoms with van der Waals surface area (Å²) >= 11 is 5.78. The number of nitrogens with zero attached hydrogens (tertiary/aromatic N) is 2. The first-order valence-electron chi connectivity index (χ1n) is 6.38. The highest BCUT2D eigenvalue weighted by Gasteiger charge is 2.21. The van der Waals surface area contributed by atoms with E-state index in [1.165, 1.54) is 12.8 Å². The molecule has 1 aromatic carbocycles. The first-order valence-corrected chi connectivity index (χ1v) is 6.76. The molecular formula is C14H13ClN4O. The van der Waals surface area contributed by atoms with Crippen LogP contribution in [-0.2, 0) is 0 Å². The Balaban J connectivity index is 1.64. The van der Waals surface area contributed by atoms with E-state index in [1.54, 1.807) is 30.3 Å². The topological polar surface area (TPSA) is 66.9 Å². The highest BCUT2D eigenvalue weighted by Crippen LogP contribution is 2.23. The maximum Gasteiger partial charge on any atom is 0.256 e. The van der Waals surface area contributed by atoms with E-state index in [9.17, 15) is 4.79 Å². The van der Waals surface area contributed by atoms with E-state index in [0.29, 0.717) is 22.4 Å². The summed E-state index contributed by atoms with van der Waals surface area (Å²) < 4.78 is 0. The summed E-state index contributed by atoms with van der Waals surface area (Å²) in [7, 11) is 0. The molecule has 1 aliphatic rings. The van der Waals surface area contributed by atoms with Crippen molar-refractivity contribution in [2.45, 2.75) is 18.9 Å². The number of carbonyl (C=O) groups excluding carboxylic acids is 1. The SMILES string of the molecule is O=C(Nc1ccc(NC2CC2)nn1)c1ccc(Cl)cc1. The molecule has 1 saturated carbocycles. The van der Waals surface area contributed by atoms with Crippen LogP contribution >= 0.6 is 11.6 Å². The Morgan fingerprint density at radius 3 is 2.30 bits per heavy atom. The highest BCUT2D eigenvalue weighted by atomic mass is 35.5. The minimum absolute atomic E-state index is 0.237. The second-order valence-corrected chi connectivity index (χ2v) is 5.12. The first kappa shape index (κ1) is 12.9. The van der Waals surface area contributed by atoms with Gasteiger partial charge in [-0.3, -0.25) is 4.79 Å². The Labute approximate surface area is 121 Å². The zero-order chi connectivity index (χ0) is 13.9. The predicted molar refractivity (Wildman–Crippen MR) is 78.1 cm³/mol. The number of nitrogens with one attached hydrogen (secondary N) is 2. The largest absolute Gasteiger partial charge is 0.366 e. The van der Waals surface area contributed by atoms with Gasteiger partial charge in [0.25, 0.3) is 5.91 Å². The second-order valence-electron chi connectivity index (χ2n) is 4.68. The van der Waals surface area contributed by atoms with Gasteiger partial charge in [0.2, 0.25) is 0 Å². The van der Waals surface area contributed by atoms with Gasteiger partial charge in [-0.2, -0.15) is 0 Å². The lowest BCUT2D eigenvalue weighted by atomic mass is 10.2. The molecule has 0 unspecified atom stereocenters. The molecule has 1 aliphatic carbocycles. The van der Waals surface area contributed by atoms with Gasteiger partial charge in [0, 0.05) is 16.6 Å². The zero-order valence-corrected chi connectivity index (χ0v) is 11.4. The van der Waals surface area contributed by atoms with Gasteiger partial charge in [-0.1, -0.05) is 11.6 Å². The van der Waals surface area contributed by atoms with Crippen molar-refractivity contribution >= 4 is 29.1 Å².